The molecule has 1 N–H and O–H groups in total. The third-order valence-corrected chi connectivity index (χ3v) is 8.20. The molecule has 0 spiro atoms. The lowest BCUT2D eigenvalue weighted by Crippen LogP contribution is -2.35. The zero-order chi connectivity index (χ0) is 27.4. The van der Waals surface area contributed by atoms with E-state index in [0.717, 1.165) is 65.4 Å². The summed E-state index contributed by atoms with van der Waals surface area (Å²) in [5.41, 5.74) is 5.35. The number of hydrogen-bond donors (Lipinski definition) is 1. The molecule has 1 fully saturated rings. The Hall–Kier alpha value is -3.79. The highest BCUT2D eigenvalue weighted by molar-refractivity contribution is 6.30. The topological polar surface area (TPSA) is 85.4 Å². The minimum atomic E-state index is -0.954. The monoisotopic (exact) mass is 559 g/mol. The number of ether oxygens (including phenoxy) is 1. The van der Waals surface area contributed by atoms with Gasteiger partial charge in [-0.1, -0.05) is 29.8 Å². The number of benzene rings is 3. The highest BCUT2D eigenvalue weighted by Crippen LogP contribution is 2.28. The van der Waals surface area contributed by atoms with Gasteiger partial charge in [-0.15, -0.1) is 0 Å². The summed E-state index contributed by atoms with van der Waals surface area (Å²) in [5, 5.41) is 9.91. The summed E-state index contributed by atoms with van der Waals surface area (Å²) in [5.74, 6) is 0.578. The normalized spacial score (nSPS) is 17.3. The van der Waals surface area contributed by atoms with Crippen LogP contribution < -0.4 is 0 Å². The Morgan fingerprint density at radius 1 is 1.07 bits per heavy atom. The van der Waals surface area contributed by atoms with Crippen LogP contribution in [0.2, 0.25) is 5.02 Å². The van der Waals surface area contributed by atoms with E-state index in [9.17, 15) is 14.3 Å². The van der Waals surface area contributed by atoms with E-state index in [4.69, 9.17) is 26.3 Å². The number of hydrogen-bond acceptors (Lipinski definition) is 5. The van der Waals surface area contributed by atoms with E-state index < -0.39 is 5.97 Å². The van der Waals surface area contributed by atoms with Crippen LogP contribution in [0, 0.1) is 5.82 Å². The molecule has 0 saturated carbocycles. The van der Waals surface area contributed by atoms with Gasteiger partial charge in [0, 0.05) is 31.1 Å². The molecule has 0 unspecified atom stereocenters. The van der Waals surface area contributed by atoms with Crippen LogP contribution in [0.5, 0.6) is 0 Å². The van der Waals surface area contributed by atoms with Crippen molar-refractivity contribution in [2.24, 2.45) is 0 Å². The Kier molecular flexibility index (Phi) is 6.30. The summed E-state index contributed by atoms with van der Waals surface area (Å²) in [7, 11) is 0. The molecule has 2 aliphatic heterocycles. The van der Waals surface area contributed by atoms with E-state index in [2.05, 4.69) is 20.1 Å². The van der Waals surface area contributed by atoms with Crippen molar-refractivity contribution >= 4 is 39.6 Å². The highest BCUT2D eigenvalue weighted by atomic mass is 35.5. The van der Waals surface area contributed by atoms with Gasteiger partial charge in [0.1, 0.15) is 17.5 Å². The molecular formula is C30H27ClFN5O3. The number of carbonyl (C=O) groups is 1. The van der Waals surface area contributed by atoms with E-state index in [1.54, 1.807) is 30.3 Å². The van der Waals surface area contributed by atoms with Gasteiger partial charge in [-0.2, -0.15) is 0 Å². The van der Waals surface area contributed by atoms with Gasteiger partial charge in [0.25, 0.3) is 0 Å². The number of aromatic carboxylic acids is 1. The van der Waals surface area contributed by atoms with Gasteiger partial charge in [0.2, 0.25) is 0 Å². The van der Waals surface area contributed by atoms with Crippen molar-refractivity contribution in [3.63, 3.8) is 0 Å². The standard InChI is InChI=1S/C30H27ClFN5O3/c31-21-6-4-18(23(32)14-21)12-19-2-1-3-25-29(19)34-28-17-35(9-10-36(25)28)16-27-33-24-7-5-20(30(38)39)13-26(24)37(27)15-22-8-11-40-22/h1-7,13-14,22H,8-12,15-17H2,(H,38,39)/t22-/m0/s1. The molecule has 40 heavy (non-hydrogen) atoms. The lowest BCUT2D eigenvalue weighted by Gasteiger charge is -2.30. The molecular weight excluding hydrogens is 533 g/mol. The van der Waals surface area contributed by atoms with E-state index in [-0.39, 0.29) is 17.5 Å². The summed E-state index contributed by atoms with van der Waals surface area (Å²) in [6.45, 7) is 4.24. The molecule has 2 aromatic heterocycles. The lowest BCUT2D eigenvalue weighted by atomic mass is 10.0. The van der Waals surface area contributed by atoms with Gasteiger partial charge in [-0.05, 0) is 53.9 Å². The molecule has 3 aromatic carbocycles. The zero-order valence-electron chi connectivity index (χ0n) is 21.7. The van der Waals surface area contributed by atoms with Crippen molar-refractivity contribution in [2.75, 3.05) is 13.2 Å². The van der Waals surface area contributed by atoms with Crippen LogP contribution >= 0.6 is 11.6 Å². The van der Waals surface area contributed by atoms with E-state index in [0.29, 0.717) is 36.6 Å². The van der Waals surface area contributed by atoms with Crippen molar-refractivity contribution in [3.8, 4) is 0 Å². The predicted molar refractivity (Wildman–Crippen MR) is 149 cm³/mol. The lowest BCUT2D eigenvalue weighted by molar-refractivity contribution is -0.0592. The highest BCUT2D eigenvalue weighted by Gasteiger charge is 2.26. The number of fused-ring (bicyclic) bond motifs is 4. The Labute approximate surface area is 234 Å². The second-order valence-electron chi connectivity index (χ2n) is 10.5. The van der Waals surface area contributed by atoms with E-state index >= 15 is 0 Å². The van der Waals surface area contributed by atoms with Gasteiger partial charge in [0.05, 0.1) is 53.4 Å². The summed E-state index contributed by atoms with van der Waals surface area (Å²) in [6, 6.07) is 15.9. The van der Waals surface area contributed by atoms with Crippen LogP contribution in [-0.4, -0.2) is 54.3 Å². The smallest absolute Gasteiger partial charge is 0.335 e. The first-order valence-electron chi connectivity index (χ1n) is 13.4. The Balaban J connectivity index is 1.18. The van der Waals surface area contributed by atoms with Crippen molar-refractivity contribution in [1.29, 1.82) is 0 Å². The molecule has 0 aliphatic carbocycles. The fourth-order valence-electron chi connectivity index (χ4n) is 5.75. The van der Waals surface area contributed by atoms with Crippen molar-refractivity contribution < 1.29 is 19.0 Å². The first-order valence-corrected chi connectivity index (χ1v) is 13.8. The summed E-state index contributed by atoms with van der Waals surface area (Å²) in [6.07, 6.45) is 1.53. The quantitative estimate of drug-likeness (QED) is 0.292. The number of aromatic nitrogens is 4. The molecule has 1 atom stereocenters. The number of para-hydroxylation sites is 1. The van der Waals surface area contributed by atoms with Gasteiger partial charge in [0.15, 0.2) is 0 Å². The Morgan fingerprint density at radius 3 is 2.73 bits per heavy atom. The summed E-state index contributed by atoms with van der Waals surface area (Å²) in [4.78, 5) is 23.8. The van der Waals surface area contributed by atoms with Crippen LogP contribution in [0.1, 0.15) is 39.6 Å². The number of halogens is 2. The SMILES string of the molecule is O=C(O)c1ccc2nc(CN3CCn4c(nc5c(Cc6ccc(Cl)cc6F)cccc54)C3)n(C[C@@H]3CCO3)c2c1. The second-order valence-corrected chi connectivity index (χ2v) is 11.0. The van der Waals surface area contributed by atoms with E-state index in [1.807, 2.05) is 12.1 Å². The maximum Gasteiger partial charge on any atom is 0.335 e. The van der Waals surface area contributed by atoms with Crippen molar-refractivity contribution in [1.82, 2.24) is 24.0 Å². The molecule has 204 valence electrons. The van der Waals surface area contributed by atoms with Gasteiger partial charge in [-0.25, -0.2) is 19.2 Å². The molecule has 7 rings (SSSR count). The fourth-order valence-corrected chi connectivity index (χ4v) is 5.91. The molecule has 10 heteroatoms. The molecule has 8 nitrogen and oxygen atoms in total. The summed E-state index contributed by atoms with van der Waals surface area (Å²) >= 11 is 5.95. The molecule has 4 heterocycles. The molecule has 0 amide bonds. The summed E-state index contributed by atoms with van der Waals surface area (Å²) < 4.78 is 24.6. The first-order chi connectivity index (χ1) is 19.4. The number of nitrogens with zero attached hydrogens (tertiary/aromatic N) is 5. The van der Waals surface area contributed by atoms with Crippen LogP contribution in [0.3, 0.4) is 0 Å². The molecule has 0 bridgehead atoms. The molecule has 5 aromatic rings. The zero-order valence-corrected chi connectivity index (χ0v) is 22.4. The van der Waals surface area contributed by atoms with Gasteiger partial charge >= 0.3 is 5.97 Å². The minimum absolute atomic E-state index is 0.110. The first kappa shape index (κ1) is 25.2. The fraction of sp³-hybridized carbons (Fsp3) is 0.300. The number of rotatable bonds is 7. The van der Waals surface area contributed by atoms with E-state index in [1.165, 1.54) is 6.07 Å². The average Bonchev–Trinajstić information content (AvgIpc) is 3.45. The average molecular weight is 560 g/mol. The molecule has 2 aliphatic rings. The van der Waals surface area contributed by atoms with Crippen LogP contribution in [-0.2, 0) is 37.3 Å². The minimum Gasteiger partial charge on any atom is -0.478 e. The Bertz CT molecular complexity index is 1780. The third-order valence-electron chi connectivity index (χ3n) is 7.96. The van der Waals surface area contributed by atoms with Crippen LogP contribution in [0.15, 0.2) is 54.6 Å². The van der Waals surface area contributed by atoms with Crippen LogP contribution in [0.25, 0.3) is 22.1 Å². The molecule has 0 radical (unpaired) electrons. The number of carboxylic acids is 1. The third kappa shape index (κ3) is 4.54. The van der Waals surface area contributed by atoms with Crippen molar-refractivity contribution in [2.45, 2.75) is 45.1 Å². The predicted octanol–water partition coefficient (Wildman–Crippen LogP) is 5.27. The largest absolute Gasteiger partial charge is 0.478 e. The Morgan fingerprint density at radius 2 is 1.95 bits per heavy atom. The van der Waals surface area contributed by atoms with Crippen LogP contribution in [0.4, 0.5) is 4.39 Å². The van der Waals surface area contributed by atoms with Gasteiger partial charge < -0.3 is 19.0 Å². The molecule has 1 saturated heterocycles. The number of imidazole rings is 2. The number of carboxylic acid groups (broad SMARTS) is 1. The van der Waals surface area contributed by atoms with Gasteiger partial charge in [-0.3, -0.25) is 4.90 Å². The maximum absolute atomic E-state index is 14.5. The second kappa shape index (κ2) is 9.99. The van der Waals surface area contributed by atoms with Crippen molar-refractivity contribution in [3.05, 3.63) is 93.8 Å². The maximum atomic E-state index is 14.5.